The van der Waals surface area contributed by atoms with E-state index in [1.54, 1.807) is 6.07 Å². The average molecular weight is 309 g/mol. The molecule has 0 radical (unpaired) electrons. The van der Waals surface area contributed by atoms with E-state index in [1.807, 2.05) is 57.2 Å². The molecular weight excluding hydrogens is 290 g/mol. The summed E-state index contributed by atoms with van der Waals surface area (Å²) in [5, 5.41) is 9.12. The number of ether oxygens (including phenoxy) is 1. The van der Waals surface area contributed by atoms with Gasteiger partial charge in [-0.15, -0.1) is 0 Å². The normalized spacial score (nSPS) is 11.3. The Labute approximate surface area is 136 Å². The van der Waals surface area contributed by atoms with Crippen LogP contribution in [0.5, 0.6) is 0 Å². The fraction of sp³-hybridized carbons (Fsp3) is 0.263. The van der Waals surface area contributed by atoms with Gasteiger partial charge in [0.1, 0.15) is 23.2 Å². The number of carbonyl (C=O) groups is 1. The summed E-state index contributed by atoms with van der Waals surface area (Å²) in [7, 11) is 0. The van der Waals surface area contributed by atoms with E-state index in [4.69, 9.17) is 14.4 Å². The first-order valence-electron chi connectivity index (χ1n) is 7.45. The molecular formula is C19H19NO3. The second-order valence-electron chi connectivity index (χ2n) is 5.73. The maximum atomic E-state index is 11.8. The largest absolute Gasteiger partial charge is 0.461 e. The number of nitrogens with zero attached hydrogens (tertiary/aromatic N) is 1. The predicted octanol–water partition coefficient (Wildman–Crippen LogP) is 4.36. The lowest BCUT2D eigenvalue weighted by atomic mass is 10.1. The number of carbonyl (C=O) groups excluding carboxylic acids is 1. The summed E-state index contributed by atoms with van der Waals surface area (Å²) in [5.74, 6) is 0.716. The third-order valence-electron chi connectivity index (χ3n) is 3.14. The summed E-state index contributed by atoms with van der Waals surface area (Å²) in [6.07, 6.45) is 1.40. The molecule has 1 aromatic heterocycles. The van der Waals surface area contributed by atoms with Crippen LogP contribution in [0.1, 0.15) is 25.2 Å². The molecule has 0 aliphatic rings. The summed E-state index contributed by atoms with van der Waals surface area (Å²) in [4.78, 5) is 11.8. The summed E-state index contributed by atoms with van der Waals surface area (Å²) < 4.78 is 10.7. The third kappa shape index (κ3) is 4.58. The molecule has 23 heavy (non-hydrogen) atoms. The van der Waals surface area contributed by atoms with Crippen LogP contribution in [0.3, 0.4) is 0 Å². The van der Waals surface area contributed by atoms with Crippen molar-refractivity contribution in [3.8, 4) is 17.4 Å². The number of benzene rings is 1. The zero-order valence-corrected chi connectivity index (χ0v) is 13.5. The van der Waals surface area contributed by atoms with Crippen molar-refractivity contribution in [3.05, 3.63) is 53.3 Å². The summed E-state index contributed by atoms with van der Waals surface area (Å²) >= 11 is 0. The van der Waals surface area contributed by atoms with E-state index in [1.165, 1.54) is 11.6 Å². The van der Waals surface area contributed by atoms with Crippen molar-refractivity contribution < 1.29 is 13.9 Å². The van der Waals surface area contributed by atoms with Crippen molar-refractivity contribution in [2.24, 2.45) is 5.92 Å². The molecule has 0 aliphatic heterocycles. The van der Waals surface area contributed by atoms with Gasteiger partial charge in [-0.3, -0.25) is 0 Å². The highest BCUT2D eigenvalue weighted by atomic mass is 16.5. The van der Waals surface area contributed by atoms with Gasteiger partial charge in [0.05, 0.1) is 6.61 Å². The van der Waals surface area contributed by atoms with Crippen molar-refractivity contribution in [2.75, 3.05) is 6.61 Å². The van der Waals surface area contributed by atoms with Crippen LogP contribution >= 0.6 is 0 Å². The minimum absolute atomic E-state index is 0.0737. The van der Waals surface area contributed by atoms with Gasteiger partial charge in [0.15, 0.2) is 0 Å². The van der Waals surface area contributed by atoms with Crippen LogP contribution in [0.25, 0.3) is 17.4 Å². The molecule has 0 amide bonds. The lowest BCUT2D eigenvalue weighted by Crippen LogP contribution is -2.11. The van der Waals surface area contributed by atoms with Gasteiger partial charge in [-0.1, -0.05) is 43.7 Å². The molecule has 4 heteroatoms. The summed E-state index contributed by atoms with van der Waals surface area (Å²) in [6.45, 7) is 6.17. The van der Waals surface area contributed by atoms with Gasteiger partial charge in [0.25, 0.3) is 0 Å². The molecule has 0 spiro atoms. The minimum atomic E-state index is -0.630. The monoisotopic (exact) mass is 309 g/mol. The fourth-order valence-corrected chi connectivity index (χ4v) is 1.90. The minimum Gasteiger partial charge on any atom is -0.461 e. The lowest BCUT2D eigenvalue weighted by Gasteiger charge is -2.05. The maximum absolute atomic E-state index is 11.8. The molecule has 0 unspecified atom stereocenters. The van der Waals surface area contributed by atoms with Crippen LogP contribution in [0, 0.1) is 24.2 Å². The van der Waals surface area contributed by atoms with Crippen LogP contribution < -0.4 is 0 Å². The SMILES string of the molecule is Cc1ccc(-c2ccc(C=C(C#N)C(=O)OCC(C)C)o2)cc1. The number of aryl methyl sites for hydroxylation is 1. The Bertz CT molecular complexity index is 746. The van der Waals surface area contributed by atoms with Crippen LogP contribution in [0.2, 0.25) is 0 Å². The molecule has 1 heterocycles. The first kappa shape index (κ1) is 16.6. The highest BCUT2D eigenvalue weighted by molar-refractivity contribution is 5.97. The van der Waals surface area contributed by atoms with Crippen molar-refractivity contribution in [1.82, 2.24) is 0 Å². The first-order chi connectivity index (χ1) is 11.0. The summed E-state index contributed by atoms with van der Waals surface area (Å²) in [6, 6.07) is 13.3. The zero-order chi connectivity index (χ0) is 16.8. The van der Waals surface area contributed by atoms with Gasteiger partial charge in [0, 0.05) is 11.6 Å². The number of nitriles is 1. The van der Waals surface area contributed by atoms with E-state index in [-0.39, 0.29) is 18.1 Å². The zero-order valence-electron chi connectivity index (χ0n) is 13.5. The van der Waals surface area contributed by atoms with Crippen molar-refractivity contribution in [3.63, 3.8) is 0 Å². The molecule has 118 valence electrons. The first-order valence-corrected chi connectivity index (χ1v) is 7.45. The Morgan fingerprint density at radius 3 is 2.57 bits per heavy atom. The smallest absolute Gasteiger partial charge is 0.349 e. The highest BCUT2D eigenvalue weighted by Gasteiger charge is 2.13. The molecule has 0 N–H and O–H groups in total. The number of rotatable bonds is 5. The Morgan fingerprint density at radius 2 is 1.96 bits per heavy atom. The van der Waals surface area contributed by atoms with Crippen LogP contribution in [0.15, 0.2) is 46.4 Å². The van der Waals surface area contributed by atoms with Gasteiger partial charge in [-0.25, -0.2) is 4.79 Å². The van der Waals surface area contributed by atoms with E-state index < -0.39 is 5.97 Å². The van der Waals surface area contributed by atoms with E-state index in [2.05, 4.69) is 0 Å². The van der Waals surface area contributed by atoms with Crippen LogP contribution in [0.4, 0.5) is 0 Å². The van der Waals surface area contributed by atoms with Crippen molar-refractivity contribution in [1.29, 1.82) is 5.26 Å². The quantitative estimate of drug-likeness (QED) is 0.467. The average Bonchev–Trinajstić information content (AvgIpc) is 2.99. The highest BCUT2D eigenvalue weighted by Crippen LogP contribution is 2.23. The van der Waals surface area contributed by atoms with E-state index in [9.17, 15) is 4.79 Å². The topological polar surface area (TPSA) is 63.2 Å². The number of furan rings is 1. The second kappa shape index (κ2) is 7.46. The van der Waals surface area contributed by atoms with Gasteiger partial charge in [-0.05, 0) is 25.0 Å². The van der Waals surface area contributed by atoms with E-state index in [0.29, 0.717) is 11.5 Å². The standard InChI is InChI=1S/C19H19NO3/c1-13(2)12-22-19(21)16(11-20)10-17-8-9-18(23-17)15-6-4-14(3)5-7-15/h4-10,13H,12H2,1-3H3. The number of hydrogen-bond donors (Lipinski definition) is 0. The predicted molar refractivity (Wildman–Crippen MR) is 88.3 cm³/mol. The van der Waals surface area contributed by atoms with E-state index >= 15 is 0 Å². The molecule has 1 aromatic carbocycles. The molecule has 0 aliphatic carbocycles. The van der Waals surface area contributed by atoms with Gasteiger partial charge >= 0.3 is 5.97 Å². The lowest BCUT2D eigenvalue weighted by molar-refractivity contribution is -0.139. The molecule has 2 rings (SSSR count). The fourth-order valence-electron chi connectivity index (χ4n) is 1.90. The molecule has 0 saturated heterocycles. The maximum Gasteiger partial charge on any atom is 0.349 e. The Kier molecular flexibility index (Phi) is 5.37. The molecule has 4 nitrogen and oxygen atoms in total. The molecule has 0 fully saturated rings. The Hall–Kier alpha value is -2.80. The summed E-state index contributed by atoms with van der Waals surface area (Å²) in [5.41, 5.74) is 2.03. The van der Waals surface area contributed by atoms with Crippen molar-refractivity contribution in [2.45, 2.75) is 20.8 Å². The van der Waals surface area contributed by atoms with Crippen molar-refractivity contribution >= 4 is 12.0 Å². The molecule has 2 aromatic rings. The Morgan fingerprint density at radius 1 is 1.26 bits per heavy atom. The van der Waals surface area contributed by atoms with Gasteiger partial charge in [0.2, 0.25) is 0 Å². The van der Waals surface area contributed by atoms with E-state index in [0.717, 1.165) is 5.56 Å². The van der Waals surface area contributed by atoms with Gasteiger partial charge < -0.3 is 9.15 Å². The third-order valence-corrected chi connectivity index (χ3v) is 3.14. The molecule has 0 saturated carbocycles. The Balaban J connectivity index is 2.17. The molecule has 0 atom stereocenters. The number of hydrogen-bond acceptors (Lipinski definition) is 4. The number of esters is 1. The van der Waals surface area contributed by atoms with Crippen LogP contribution in [-0.4, -0.2) is 12.6 Å². The van der Waals surface area contributed by atoms with Crippen LogP contribution in [-0.2, 0) is 9.53 Å². The second-order valence-corrected chi connectivity index (χ2v) is 5.73. The molecule has 0 bridgehead atoms. The van der Waals surface area contributed by atoms with Gasteiger partial charge in [-0.2, -0.15) is 5.26 Å².